The summed E-state index contributed by atoms with van der Waals surface area (Å²) in [5.74, 6) is -0.543. The summed E-state index contributed by atoms with van der Waals surface area (Å²) in [5, 5.41) is 5.90. The first kappa shape index (κ1) is 22.5. The normalized spacial score (nSPS) is 14.8. The number of carbonyl (C=O) groups is 2. The molecule has 1 atom stereocenters. The fourth-order valence-electron chi connectivity index (χ4n) is 3.87. The Balaban J connectivity index is 1.51. The molecule has 0 spiro atoms. The Hall–Kier alpha value is -2.67. The number of hydrogen-bond donors (Lipinski definition) is 2. The number of hydrogen-bond acceptors (Lipinski definition) is 4. The maximum Gasteiger partial charge on any atom is 0.262 e. The molecule has 4 rings (SSSR count). The van der Waals surface area contributed by atoms with Crippen molar-refractivity contribution in [2.24, 2.45) is 0 Å². The van der Waals surface area contributed by atoms with E-state index in [1.165, 1.54) is 22.5 Å². The van der Waals surface area contributed by atoms with Gasteiger partial charge in [0.05, 0.1) is 9.21 Å². The van der Waals surface area contributed by atoms with Crippen molar-refractivity contribution in [1.29, 1.82) is 0 Å². The van der Waals surface area contributed by atoms with Crippen molar-refractivity contribution in [3.05, 3.63) is 86.6 Å². The molecule has 5 nitrogen and oxygen atoms in total. The first-order valence-electron chi connectivity index (χ1n) is 10.7. The molecule has 0 radical (unpaired) electrons. The van der Waals surface area contributed by atoms with E-state index in [1.54, 1.807) is 12.1 Å². The summed E-state index contributed by atoms with van der Waals surface area (Å²) in [6.07, 6.45) is 2.36. The van der Waals surface area contributed by atoms with Crippen molar-refractivity contribution in [3.8, 4) is 0 Å². The van der Waals surface area contributed by atoms with E-state index in [0.29, 0.717) is 15.6 Å². The van der Waals surface area contributed by atoms with Gasteiger partial charge >= 0.3 is 0 Å². The predicted molar refractivity (Wildman–Crippen MR) is 131 cm³/mol. The minimum absolute atomic E-state index is 0.240. The molecule has 0 saturated heterocycles. The Morgan fingerprint density at radius 2 is 1.78 bits per heavy atom. The fourth-order valence-corrected chi connectivity index (χ4v) is 4.82. The summed E-state index contributed by atoms with van der Waals surface area (Å²) in [6, 6.07) is 18.4. The molecule has 2 heterocycles. The molecule has 0 unspecified atom stereocenters. The second-order valence-electron chi connectivity index (χ2n) is 8.10. The minimum atomic E-state index is -0.712. The van der Waals surface area contributed by atoms with Crippen molar-refractivity contribution in [2.45, 2.75) is 25.3 Å². The average molecular weight is 468 g/mol. The maximum absolute atomic E-state index is 13.2. The van der Waals surface area contributed by atoms with Crippen LogP contribution in [-0.4, -0.2) is 42.9 Å². The van der Waals surface area contributed by atoms with E-state index in [0.717, 1.165) is 37.2 Å². The fraction of sp³-hybridized carbons (Fsp3) is 0.280. The molecule has 0 bridgehead atoms. The third-order valence-electron chi connectivity index (χ3n) is 5.70. The molecule has 0 aliphatic carbocycles. The van der Waals surface area contributed by atoms with Crippen molar-refractivity contribution < 1.29 is 9.59 Å². The van der Waals surface area contributed by atoms with E-state index < -0.39 is 6.04 Å². The Labute approximate surface area is 197 Å². The zero-order valence-corrected chi connectivity index (χ0v) is 19.5. The van der Waals surface area contributed by atoms with Crippen LogP contribution in [0.2, 0.25) is 4.34 Å². The molecule has 1 aliphatic rings. The molecule has 1 aliphatic heterocycles. The average Bonchev–Trinajstić information content (AvgIpc) is 3.14. The van der Waals surface area contributed by atoms with E-state index in [9.17, 15) is 9.59 Å². The summed E-state index contributed by atoms with van der Waals surface area (Å²) in [5.41, 5.74) is 4.33. The number of anilines is 1. The highest BCUT2D eigenvalue weighted by molar-refractivity contribution is 7.18. The third kappa shape index (κ3) is 5.76. The number of rotatable bonds is 6. The second kappa shape index (κ2) is 10.3. The lowest BCUT2D eigenvalue weighted by Crippen LogP contribution is -2.45. The second-order valence-corrected chi connectivity index (χ2v) is 9.81. The molecule has 2 N–H and O–H groups in total. The smallest absolute Gasteiger partial charge is 0.262 e. The van der Waals surface area contributed by atoms with Crippen molar-refractivity contribution >= 4 is 40.4 Å². The molecular weight excluding hydrogens is 442 g/mol. The first-order valence-corrected chi connectivity index (χ1v) is 11.9. The van der Waals surface area contributed by atoms with Gasteiger partial charge in [0.1, 0.15) is 6.04 Å². The van der Waals surface area contributed by atoms with Crippen molar-refractivity contribution in [1.82, 2.24) is 10.2 Å². The van der Waals surface area contributed by atoms with Crippen LogP contribution in [0.3, 0.4) is 0 Å². The minimum Gasteiger partial charge on any atom is -0.339 e. The topological polar surface area (TPSA) is 61.4 Å². The van der Waals surface area contributed by atoms with Crippen LogP contribution in [0.1, 0.15) is 26.4 Å². The molecule has 0 fully saturated rings. The van der Waals surface area contributed by atoms with E-state index in [1.807, 2.05) is 36.4 Å². The van der Waals surface area contributed by atoms with Gasteiger partial charge in [-0.2, -0.15) is 0 Å². The van der Waals surface area contributed by atoms with Crippen LogP contribution in [0.25, 0.3) is 0 Å². The number of amides is 2. The summed E-state index contributed by atoms with van der Waals surface area (Å²) in [6.45, 7) is 2.04. The highest BCUT2D eigenvalue weighted by atomic mass is 35.5. The number of likely N-dealkylation sites (N-methyl/N-ethyl adjacent to an activating group) is 1. The van der Waals surface area contributed by atoms with Crippen molar-refractivity contribution in [3.63, 3.8) is 0 Å². The Morgan fingerprint density at radius 1 is 1.03 bits per heavy atom. The first-order chi connectivity index (χ1) is 15.5. The molecule has 0 saturated carbocycles. The Kier molecular flexibility index (Phi) is 7.25. The van der Waals surface area contributed by atoms with Crippen LogP contribution in [0.5, 0.6) is 0 Å². The van der Waals surface area contributed by atoms with Gasteiger partial charge in [-0.25, -0.2) is 0 Å². The zero-order valence-electron chi connectivity index (χ0n) is 17.9. The molecule has 2 aromatic carbocycles. The summed E-state index contributed by atoms with van der Waals surface area (Å²) < 4.78 is 0.537. The number of benzene rings is 2. The van der Waals surface area contributed by atoms with E-state index in [2.05, 4.69) is 34.7 Å². The van der Waals surface area contributed by atoms with Gasteiger partial charge in [0.2, 0.25) is 5.91 Å². The number of halogens is 1. The number of carbonyl (C=O) groups excluding carboxylic acids is 2. The van der Waals surface area contributed by atoms with Gasteiger partial charge in [-0.05, 0) is 60.8 Å². The summed E-state index contributed by atoms with van der Waals surface area (Å²) in [4.78, 5) is 28.8. The molecular formula is C25H26ClN3O2S. The van der Waals surface area contributed by atoms with Crippen LogP contribution in [0.4, 0.5) is 5.69 Å². The molecule has 2 amide bonds. The van der Waals surface area contributed by atoms with Crippen LogP contribution in [0.15, 0.2) is 60.7 Å². The monoisotopic (exact) mass is 467 g/mol. The molecule has 166 valence electrons. The Morgan fingerprint density at radius 3 is 2.50 bits per heavy atom. The summed E-state index contributed by atoms with van der Waals surface area (Å²) >= 11 is 7.17. The van der Waals surface area contributed by atoms with Gasteiger partial charge in [0.25, 0.3) is 5.91 Å². The lowest BCUT2D eigenvalue weighted by atomic mass is 10.0. The van der Waals surface area contributed by atoms with Gasteiger partial charge in [-0.1, -0.05) is 48.0 Å². The lowest BCUT2D eigenvalue weighted by Gasteiger charge is -2.19. The van der Waals surface area contributed by atoms with E-state index >= 15 is 0 Å². The largest absolute Gasteiger partial charge is 0.339 e. The predicted octanol–water partition coefficient (Wildman–Crippen LogP) is 4.41. The van der Waals surface area contributed by atoms with Gasteiger partial charge in [-0.3, -0.25) is 9.59 Å². The number of nitrogens with one attached hydrogen (secondary N) is 2. The van der Waals surface area contributed by atoms with Gasteiger partial charge in [-0.15, -0.1) is 11.3 Å². The van der Waals surface area contributed by atoms with Gasteiger partial charge in [0.15, 0.2) is 0 Å². The number of nitrogens with zero attached hydrogens (tertiary/aromatic N) is 1. The Bertz CT molecular complexity index is 1100. The number of fused-ring (bicyclic) bond motifs is 1. The summed E-state index contributed by atoms with van der Waals surface area (Å²) in [7, 11) is 2.13. The third-order valence-corrected chi connectivity index (χ3v) is 6.93. The molecule has 32 heavy (non-hydrogen) atoms. The molecule has 3 aromatic rings. The highest BCUT2D eigenvalue weighted by Gasteiger charge is 2.23. The molecule has 1 aromatic heterocycles. The van der Waals surface area contributed by atoms with Crippen LogP contribution >= 0.6 is 22.9 Å². The highest BCUT2D eigenvalue weighted by Crippen LogP contribution is 2.22. The van der Waals surface area contributed by atoms with Crippen LogP contribution < -0.4 is 10.6 Å². The van der Waals surface area contributed by atoms with Gasteiger partial charge in [0, 0.05) is 25.2 Å². The number of thiophene rings is 1. The van der Waals surface area contributed by atoms with Crippen LogP contribution in [0, 0.1) is 0 Å². The van der Waals surface area contributed by atoms with Crippen molar-refractivity contribution in [2.75, 3.05) is 25.5 Å². The standard InChI is InChI=1S/C25H26ClN3O2S/c1-29-13-11-18-7-8-20(16-19(18)12-14-29)27-24(30)21(15-17-5-3-2-4-6-17)28-25(31)22-9-10-23(26)32-22/h2-10,16,21H,11-15H2,1H3,(H,27,30)(H,28,31)/t21-/m1/s1. The lowest BCUT2D eigenvalue weighted by molar-refractivity contribution is -0.118. The van der Waals surface area contributed by atoms with E-state index in [4.69, 9.17) is 11.6 Å². The zero-order chi connectivity index (χ0) is 22.5. The van der Waals surface area contributed by atoms with Crippen LogP contribution in [-0.2, 0) is 24.1 Å². The van der Waals surface area contributed by atoms with E-state index in [-0.39, 0.29) is 11.8 Å². The SMILES string of the molecule is CN1CCc2ccc(NC(=O)[C@@H](Cc3ccccc3)NC(=O)c3ccc(Cl)s3)cc2CC1. The maximum atomic E-state index is 13.2. The molecule has 7 heteroatoms. The quantitative estimate of drug-likeness (QED) is 0.564. The van der Waals surface area contributed by atoms with Gasteiger partial charge < -0.3 is 15.5 Å².